The lowest BCUT2D eigenvalue weighted by Crippen LogP contribution is -1.77. The molecule has 0 amide bonds. The first-order valence-corrected chi connectivity index (χ1v) is 4.73. The highest BCUT2D eigenvalue weighted by molar-refractivity contribution is 9.10. The quantitative estimate of drug-likeness (QED) is 0.711. The Morgan fingerprint density at radius 2 is 2.08 bits per heavy atom. The Morgan fingerprint density at radius 3 is 2.62 bits per heavy atom. The molecule has 2 rings (SSSR count). The SMILES string of the molecule is Cc1ccc(-c2ccc(Br)nc2)o1. The number of pyridine rings is 1. The molecule has 0 aromatic carbocycles. The van der Waals surface area contributed by atoms with Crippen LogP contribution in [0.1, 0.15) is 5.76 Å². The molecule has 0 aliphatic heterocycles. The van der Waals surface area contributed by atoms with Crippen LogP contribution >= 0.6 is 15.9 Å². The van der Waals surface area contributed by atoms with E-state index in [1.54, 1.807) is 6.20 Å². The van der Waals surface area contributed by atoms with Crippen LogP contribution in [0.25, 0.3) is 11.3 Å². The molecule has 3 heteroatoms. The van der Waals surface area contributed by atoms with E-state index in [-0.39, 0.29) is 0 Å². The van der Waals surface area contributed by atoms with E-state index in [1.165, 1.54) is 0 Å². The zero-order valence-corrected chi connectivity index (χ0v) is 8.71. The second kappa shape index (κ2) is 3.34. The molecule has 0 radical (unpaired) electrons. The van der Waals surface area contributed by atoms with E-state index in [2.05, 4.69) is 20.9 Å². The highest BCUT2D eigenvalue weighted by Gasteiger charge is 2.01. The lowest BCUT2D eigenvalue weighted by atomic mass is 10.2. The zero-order chi connectivity index (χ0) is 9.26. The van der Waals surface area contributed by atoms with Crippen molar-refractivity contribution in [2.45, 2.75) is 6.92 Å². The number of halogens is 1. The fourth-order valence-corrected chi connectivity index (χ4v) is 1.35. The van der Waals surface area contributed by atoms with E-state index in [0.29, 0.717) is 0 Å². The highest BCUT2D eigenvalue weighted by Crippen LogP contribution is 2.21. The first-order valence-electron chi connectivity index (χ1n) is 3.94. The van der Waals surface area contributed by atoms with Crippen molar-refractivity contribution in [3.8, 4) is 11.3 Å². The number of hydrogen-bond acceptors (Lipinski definition) is 2. The van der Waals surface area contributed by atoms with Gasteiger partial charge in [0.15, 0.2) is 0 Å². The van der Waals surface area contributed by atoms with Crippen molar-refractivity contribution in [3.05, 3.63) is 40.8 Å². The van der Waals surface area contributed by atoms with Crippen LogP contribution in [-0.2, 0) is 0 Å². The van der Waals surface area contributed by atoms with Crippen LogP contribution in [0.5, 0.6) is 0 Å². The molecule has 0 N–H and O–H groups in total. The van der Waals surface area contributed by atoms with E-state index in [4.69, 9.17) is 4.42 Å². The predicted molar refractivity (Wildman–Crippen MR) is 54.4 cm³/mol. The third-order valence-corrected chi connectivity index (χ3v) is 2.22. The lowest BCUT2D eigenvalue weighted by molar-refractivity contribution is 0.548. The number of nitrogens with zero attached hydrogens (tertiary/aromatic N) is 1. The minimum absolute atomic E-state index is 0.833. The summed E-state index contributed by atoms with van der Waals surface area (Å²) in [6.07, 6.45) is 1.78. The lowest BCUT2D eigenvalue weighted by Gasteiger charge is -1.95. The van der Waals surface area contributed by atoms with Crippen LogP contribution in [0.3, 0.4) is 0 Å². The summed E-state index contributed by atoms with van der Waals surface area (Å²) in [7, 11) is 0. The molecule has 2 heterocycles. The van der Waals surface area contributed by atoms with Gasteiger partial charge in [0.05, 0.1) is 0 Å². The maximum Gasteiger partial charge on any atom is 0.135 e. The molecular weight excluding hydrogens is 230 g/mol. The van der Waals surface area contributed by atoms with Crippen LogP contribution in [0, 0.1) is 6.92 Å². The van der Waals surface area contributed by atoms with Gasteiger partial charge >= 0.3 is 0 Å². The Morgan fingerprint density at radius 1 is 1.23 bits per heavy atom. The van der Waals surface area contributed by atoms with E-state index < -0.39 is 0 Å². The van der Waals surface area contributed by atoms with Gasteiger partial charge in [0.1, 0.15) is 16.1 Å². The molecule has 13 heavy (non-hydrogen) atoms. The molecule has 2 aromatic heterocycles. The van der Waals surface area contributed by atoms with E-state index in [9.17, 15) is 0 Å². The fraction of sp³-hybridized carbons (Fsp3) is 0.100. The first-order chi connectivity index (χ1) is 6.25. The standard InChI is InChI=1S/C10H8BrNO/c1-7-2-4-9(13-7)8-3-5-10(11)12-6-8/h2-6H,1H3. The van der Waals surface area contributed by atoms with E-state index >= 15 is 0 Å². The Balaban J connectivity index is 2.41. The van der Waals surface area contributed by atoms with Gasteiger partial charge in [-0.25, -0.2) is 4.98 Å². The first kappa shape index (κ1) is 8.51. The summed E-state index contributed by atoms with van der Waals surface area (Å²) in [6.45, 7) is 1.93. The summed E-state index contributed by atoms with van der Waals surface area (Å²) >= 11 is 3.28. The van der Waals surface area contributed by atoms with Gasteiger partial charge < -0.3 is 4.42 Å². The van der Waals surface area contributed by atoms with Crippen molar-refractivity contribution in [1.29, 1.82) is 0 Å². The van der Waals surface area contributed by atoms with Crippen LogP contribution in [0.4, 0.5) is 0 Å². The third-order valence-electron chi connectivity index (χ3n) is 1.75. The third kappa shape index (κ3) is 1.80. The van der Waals surface area contributed by atoms with Crippen LogP contribution in [0.2, 0.25) is 0 Å². The Hall–Kier alpha value is -1.09. The zero-order valence-electron chi connectivity index (χ0n) is 7.12. The molecule has 0 unspecified atom stereocenters. The van der Waals surface area contributed by atoms with Gasteiger partial charge in [0.25, 0.3) is 0 Å². The monoisotopic (exact) mass is 237 g/mol. The van der Waals surface area contributed by atoms with Crippen molar-refractivity contribution >= 4 is 15.9 Å². The van der Waals surface area contributed by atoms with Crippen LogP contribution in [0.15, 0.2) is 39.5 Å². The molecule has 0 saturated carbocycles. The molecule has 2 aromatic rings. The fourth-order valence-electron chi connectivity index (χ4n) is 1.11. The summed E-state index contributed by atoms with van der Waals surface area (Å²) in [5, 5.41) is 0. The maximum absolute atomic E-state index is 5.45. The van der Waals surface area contributed by atoms with Gasteiger partial charge in [-0.15, -0.1) is 0 Å². The molecule has 0 bridgehead atoms. The van der Waals surface area contributed by atoms with Crippen LogP contribution < -0.4 is 0 Å². The normalized spacial score (nSPS) is 10.3. The summed E-state index contributed by atoms with van der Waals surface area (Å²) < 4.78 is 6.29. The smallest absolute Gasteiger partial charge is 0.135 e. The Bertz CT molecular complexity index is 405. The summed E-state index contributed by atoms with van der Waals surface area (Å²) in [5.74, 6) is 1.77. The second-order valence-corrected chi connectivity index (χ2v) is 3.59. The van der Waals surface area contributed by atoms with Gasteiger partial charge in [0, 0.05) is 11.8 Å². The number of aromatic nitrogens is 1. The second-order valence-electron chi connectivity index (χ2n) is 2.78. The Labute approximate surface area is 84.7 Å². The average molecular weight is 238 g/mol. The molecule has 0 aliphatic carbocycles. The van der Waals surface area contributed by atoms with Gasteiger partial charge in [-0.3, -0.25) is 0 Å². The molecule has 0 aliphatic rings. The van der Waals surface area contributed by atoms with Crippen molar-refractivity contribution in [3.63, 3.8) is 0 Å². The maximum atomic E-state index is 5.45. The van der Waals surface area contributed by atoms with E-state index in [1.807, 2.05) is 31.2 Å². The molecule has 0 saturated heterocycles. The topological polar surface area (TPSA) is 26.0 Å². The molecule has 0 spiro atoms. The van der Waals surface area contributed by atoms with Gasteiger partial charge in [-0.2, -0.15) is 0 Å². The minimum Gasteiger partial charge on any atom is -0.461 e. The molecule has 0 fully saturated rings. The number of aryl methyl sites for hydroxylation is 1. The number of hydrogen-bond donors (Lipinski definition) is 0. The predicted octanol–water partition coefficient (Wildman–Crippen LogP) is 3.41. The molecule has 66 valence electrons. The molecular formula is C10H8BrNO. The Kier molecular flexibility index (Phi) is 2.19. The number of rotatable bonds is 1. The average Bonchev–Trinajstić information content (AvgIpc) is 2.53. The summed E-state index contributed by atoms with van der Waals surface area (Å²) in [4.78, 5) is 4.12. The van der Waals surface area contributed by atoms with Crippen molar-refractivity contribution in [2.24, 2.45) is 0 Å². The summed E-state index contributed by atoms with van der Waals surface area (Å²) in [6, 6.07) is 7.75. The largest absolute Gasteiger partial charge is 0.461 e. The van der Waals surface area contributed by atoms with Crippen molar-refractivity contribution in [2.75, 3.05) is 0 Å². The van der Waals surface area contributed by atoms with Gasteiger partial charge in [-0.05, 0) is 47.1 Å². The van der Waals surface area contributed by atoms with Crippen molar-refractivity contribution < 1.29 is 4.42 Å². The summed E-state index contributed by atoms with van der Waals surface area (Å²) in [5.41, 5.74) is 0.997. The van der Waals surface area contributed by atoms with Crippen LogP contribution in [-0.4, -0.2) is 4.98 Å². The van der Waals surface area contributed by atoms with Crippen molar-refractivity contribution in [1.82, 2.24) is 4.98 Å². The molecule has 0 atom stereocenters. The minimum atomic E-state index is 0.833. The molecule has 2 nitrogen and oxygen atoms in total. The number of furan rings is 1. The van der Waals surface area contributed by atoms with Gasteiger partial charge in [-0.1, -0.05) is 0 Å². The van der Waals surface area contributed by atoms with E-state index in [0.717, 1.165) is 21.7 Å². The van der Waals surface area contributed by atoms with Gasteiger partial charge in [0.2, 0.25) is 0 Å². The highest BCUT2D eigenvalue weighted by atomic mass is 79.9.